The van der Waals surface area contributed by atoms with Crippen LogP contribution in [0.4, 0.5) is 0 Å². The molecule has 0 radical (unpaired) electrons. The lowest BCUT2D eigenvalue weighted by atomic mass is 10.1. The molecule has 0 saturated carbocycles. The monoisotopic (exact) mass is 380 g/mol. The maximum atomic E-state index is 12.9. The van der Waals surface area contributed by atoms with Gasteiger partial charge in [0, 0.05) is 16.0 Å². The van der Waals surface area contributed by atoms with Crippen LogP contribution in [0.15, 0.2) is 59.0 Å². The van der Waals surface area contributed by atoms with Gasteiger partial charge in [-0.2, -0.15) is 0 Å². The van der Waals surface area contributed by atoms with Crippen molar-refractivity contribution in [2.75, 3.05) is 0 Å². The van der Waals surface area contributed by atoms with Crippen molar-refractivity contribution in [2.24, 2.45) is 0 Å². The van der Waals surface area contributed by atoms with Gasteiger partial charge in [0.25, 0.3) is 5.56 Å². The first kappa shape index (κ1) is 17.0. The van der Waals surface area contributed by atoms with Crippen molar-refractivity contribution >= 4 is 33.2 Å². The molecule has 4 rings (SSSR count). The van der Waals surface area contributed by atoms with E-state index >= 15 is 0 Å². The molecule has 2 heterocycles. The molecule has 2 aromatic carbocycles. The molecule has 2 aromatic heterocycles. The molecule has 0 fully saturated rings. The molecule has 0 bridgehead atoms. The fourth-order valence-electron chi connectivity index (χ4n) is 3.07. The highest BCUT2D eigenvalue weighted by molar-refractivity contribution is 7.17. The van der Waals surface area contributed by atoms with Gasteiger partial charge in [0.15, 0.2) is 0 Å². The SMILES string of the molecule is Cc1ccc(C)c(Cn2cnc3c(-c4cccc(Cl)c4)csc3c2=O)c1. The third-order valence-corrected chi connectivity index (χ3v) is 5.72. The summed E-state index contributed by atoms with van der Waals surface area (Å²) in [6.07, 6.45) is 1.65. The van der Waals surface area contributed by atoms with Crippen LogP contribution in [0.5, 0.6) is 0 Å². The zero-order valence-corrected chi connectivity index (χ0v) is 16.1. The Morgan fingerprint density at radius 2 is 2.00 bits per heavy atom. The van der Waals surface area contributed by atoms with Gasteiger partial charge in [-0.3, -0.25) is 9.36 Å². The van der Waals surface area contributed by atoms with Gasteiger partial charge in [-0.1, -0.05) is 47.5 Å². The summed E-state index contributed by atoms with van der Waals surface area (Å²) < 4.78 is 2.36. The van der Waals surface area contributed by atoms with Gasteiger partial charge < -0.3 is 0 Å². The molecule has 4 aromatic rings. The number of aryl methyl sites for hydroxylation is 2. The van der Waals surface area contributed by atoms with E-state index in [1.807, 2.05) is 29.6 Å². The van der Waals surface area contributed by atoms with Gasteiger partial charge in [-0.05, 0) is 42.7 Å². The second-order valence-electron chi connectivity index (χ2n) is 6.45. The van der Waals surface area contributed by atoms with Crippen molar-refractivity contribution in [3.05, 3.63) is 86.2 Å². The zero-order chi connectivity index (χ0) is 18.3. The molecule has 0 aliphatic rings. The molecule has 0 unspecified atom stereocenters. The van der Waals surface area contributed by atoms with E-state index in [0.29, 0.717) is 16.3 Å². The van der Waals surface area contributed by atoms with Gasteiger partial charge in [-0.25, -0.2) is 4.98 Å². The van der Waals surface area contributed by atoms with E-state index in [1.54, 1.807) is 10.9 Å². The second-order valence-corrected chi connectivity index (χ2v) is 7.76. The highest BCUT2D eigenvalue weighted by Crippen LogP contribution is 2.32. The standard InChI is InChI=1S/C21H17ClN2OS/c1-13-6-7-14(2)16(8-13)10-24-12-23-19-18(11-26-20(19)21(24)25)15-4-3-5-17(22)9-15/h3-9,11-12H,10H2,1-2H3. The fourth-order valence-corrected chi connectivity index (χ4v) is 4.24. The Balaban J connectivity index is 1.79. The topological polar surface area (TPSA) is 34.9 Å². The smallest absolute Gasteiger partial charge is 0.271 e. The first-order chi connectivity index (χ1) is 12.5. The van der Waals surface area contributed by atoms with Gasteiger partial charge in [0.2, 0.25) is 0 Å². The van der Waals surface area contributed by atoms with E-state index in [-0.39, 0.29) is 5.56 Å². The summed E-state index contributed by atoms with van der Waals surface area (Å²) in [5.41, 5.74) is 6.15. The Bertz CT molecular complexity index is 1180. The largest absolute Gasteiger partial charge is 0.294 e. The molecule has 0 aliphatic heterocycles. The summed E-state index contributed by atoms with van der Waals surface area (Å²) in [4.78, 5) is 17.5. The van der Waals surface area contributed by atoms with Crippen LogP contribution >= 0.6 is 22.9 Å². The third kappa shape index (κ3) is 3.06. The first-order valence-electron chi connectivity index (χ1n) is 8.31. The number of thiophene rings is 1. The summed E-state index contributed by atoms with van der Waals surface area (Å²) in [5.74, 6) is 0. The average molecular weight is 381 g/mol. The van der Waals surface area contributed by atoms with E-state index in [2.05, 4.69) is 37.0 Å². The van der Waals surface area contributed by atoms with E-state index in [9.17, 15) is 4.79 Å². The van der Waals surface area contributed by atoms with Crippen LogP contribution in [0.2, 0.25) is 5.02 Å². The Morgan fingerprint density at radius 3 is 2.81 bits per heavy atom. The van der Waals surface area contributed by atoms with Gasteiger partial charge in [0.05, 0.1) is 18.4 Å². The zero-order valence-electron chi connectivity index (χ0n) is 14.5. The van der Waals surface area contributed by atoms with Crippen LogP contribution in [-0.4, -0.2) is 9.55 Å². The Kier molecular flexibility index (Phi) is 4.39. The minimum absolute atomic E-state index is 0.00539. The minimum atomic E-state index is -0.00539. The maximum Gasteiger partial charge on any atom is 0.271 e. The van der Waals surface area contributed by atoms with Crippen LogP contribution in [-0.2, 0) is 6.54 Å². The van der Waals surface area contributed by atoms with Gasteiger partial charge >= 0.3 is 0 Å². The minimum Gasteiger partial charge on any atom is -0.294 e. The molecule has 26 heavy (non-hydrogen) atoms. The van der Waals surface area contributed by atoms with Crippen molar-refractivity contribution in [1.82, 2.24) is 9.55 Å². The van der Waals surface area contributed by atoms with Gasteiger partial charge in [-0.15, -0.1) is 11.3 Å². The van der Waals surface area contributed by atoms with Crippen LogP contribution in [0, 0.1) is 13.8 Å². The second kappa shape index (κ2) is 6.71. The van der Waals surface area contributed by atoms with E-state index in [1.165, 1.54) is 22.5 Å². The molecular formula is C21H17ClN2OS. The van der Waals surface area contributed by atoms with E-state index in [4.69, 9.17) is 11.6 Å². The number of fused-ring (bicyclic) bond motifs is 1. The highest BCUT2D eigenvalue weighted by atomic mass is 35.5. The van der Waals surface area contributed by atoms with Crippen LogP contribution in [0.1, 0.15) is 16.7 Å². The summed E-state index contributed by atoms with van der Waals surface area (Å²) >= 11 is 7.54. The number of nitrogens with zero attached hydrogens (tertiary/aromatic N) is 2. The number of aromatic nitrogens is 2. The van der Waals surface area contributed by atoms with E-state index < -0.39 is 0 Å². The molecule has 0 N–H and O–H groups in total. The van der Waals surface area contributed by atoms with E-state index in [0.717, 1.165) is 22.2 Å². The maximum absolute atomic E-state index is 12.9. The van der Waals surface area contributed by atoms with Crippen LogP contribution in [0.25, 0.3) is 21.3 Å². The fraction of sp³-hybridized carbons (Fsp3) is 0.143. The van der Waals surface area contributed by atoms with Crippen molar-refractivity contribution in [3.63, 3.8) is 0 Å². The number of hydrogen-bond donors (Lipinski definition) is 0. The van der Waals surface area contributed by atoms with Crippen LogP contribution < -0.4 is 5.56 Å². The molecule has 0 saturated heterocycles. The van der Waals surface area contributed by atoms with Crippen molar-refractivity contribution < 1.29 is 0 Å². The van der Waals surface area contributed by atoms with Crippen molar-refractivity contribution in [1.29, 1.82) is 0 Å². The number of benzene rings is 2. The number of halogens is 1. The lowest BCUT2D eigenvalue weighted by Gasteiger charge is -2.09. The molecule has 0 atom stereocenters. The summed E-state index contributed by atoms with van der Waals surface area (Å²) in [7, 11) is 0. The summed E-state index contributed by atoms with van der Waals surface area (Å²) in [5, 5.41) is 2.65. The first-order valence-corrected chi connectivity index (χ1v) is 9.57. The molecule has 3 nitrogen and oxygen atoms in total. The third-order valence-electron chi connectivity index (χ3n) is 4.53. The van der Waals surface area contributed by atoms with Crippen molar-refractivity contribution in [2.45, 2.75) is 20.4 Å². The molecule has 0 spiro atoms. The highest BCUT2D eigenvalue weighted by Gasteiger charge is 2.13. The lowest BCUT2D eigenvalue weighted by molar-refractivity contribution is 0.745. The summed E-state index contributed by atoms with van der Waals surface area (Å²) in [6.45, 7) is 4.65. The average Bonchev–Trinajstić information content (AvgIpc) is 3.05. The predicted molar refractivity (Wildman–Crippen MR) is 109 cm³/mol. The normalized spacial score (nSPS) is 11.2. The molecular weight excluding hydrogens is 364 g/mol. The molecule has 0 aliphatic carbocycles. The summed E-state index contributed by atoms with van der Waals surface area (Å²) in [6, 6.07) is 13.9. The molecule has 0 amide bonds. The van der Waals surface area contributed by atoms with Crippen LogP contribution in [0.3, 0.4) is 0 Å². The Labute approximate surface area is 160 Å². The quantitative estimate of drug-likeness (QED) is 0.474. The van der Waals surface area contributed by atoms with Crippen molar-refractivity contribution in [3.8, 4) is 11.1 Å². The predicted octanol–water partition coefficient (Wildman–Crippen LogP) is 5.44. The molecule has 130 valence electrons. The van der Waals surface area contributed by atoms with Gasteiger partial charge in [0.1, 0.15) is 4.70 Å². The Morgan fingerprint density at radius 1 is 1.15 bits per heavy atom. The number of hydrogen-bond acceptors (Lipinski definition) is 3. The number of rotatable bonds is 3. The molecule has 5 heteroatoms. The Hall–Kier alpha value is -2.43. The lowest BCUT2D eigenvalue weighted by Crippen LogP contribution is -2.20.